The molecule has 1 aliphatic heterocycles. The molecule has 1 N–H and O–H groups in total. The van der Waals surface area contributed by atoms with Crippen LogP contribution in [0.4, 0.5) is 0 Å². The number of aromatic nitrogens is 1. The van der Waals surface area contributed by atoms with Crippen LogP contribution in [0.5, 0.6) is 5.75 Å². The number of aliphatic hydroxyl groups is 1. The van der Waals surface area contributed by atoms with Crippen molar-refractivity contribution in [1.29, 1.82) is 0 Å². The van der Waals surface area contributed by atoms with E-state index >= 15 is 0 Å². The molecule has 2 heterocycles. The molecule has 0 aliphatic carbocycles. The third kappa shape index (κ3) is 4.37. The quantitative estimate of drug-likeness (QED) is 0.287. The summed E-state index contributed by atoms with van der Waals surface area (Å²) in [5.74, 6) is 0.782. The molecule has 0 amide bonds. The van der Waals surface area contributed by atoms with E-state index < -0.39 is 0 Å². The minimum atomic E-state index is -0.125. The number of hydrogen-bond donors (Lipinski definition) is 1. The van der Waals surface area contributed by atoms with Crippen molar-refractivity contribution >= 4 is 16.6 Å². The van der Waals surface area contributed by atoms with Crippen LogP contribution in [0, 0.1) is 6.07 Å². The van der Waals surface area contributed by atoms with Gasteiger partial charge in [-0.15, -0.1) is 17.7 Å². The summed E-state index contributed by atoms with van der Waals surface area (Å²) in [4.78, 5) is 14.4. The van der Waals surface area contributed by atoms with Crippen LogP contribution in [0.2, 0.25) is 0 Å². The second-order valence-corrected chi connectivity index (χ2v) is 5.76. The van der Waals surface area contributed by atoms with Gasteiger partial charge in [0.1, 0.15) is 5.75 Å². The van der Waals surface area contributed by atoms with Crippen molar-refractivity contribution in [2.75, 3.05) is 0 Å². The third-order valence-corrected chi connectivity index (χ3v) is 3.75. The number of allylic oxidation sites excluding steroid dienone is 2. The average Bonchev–Trinajstić information content (AvgIpc) is 2.60. The van der Waals surface area contributed by atoms with Gasteiger partial charge in [-0.1, -0.05) is 40.6 Å². The number of hydrogen-bond acceptors (Lipinski definition) is 4. The monoisotopic (exact) mass is 525 g/mol. The van der Waals surface area contributed by atoms with E-state index in [1.165, 1.54) is 36.3 Å². The Balaban J connectivity index is 0.000000265. The molecule has 0 saturated heterocycles. The van der Waals surface area contributed by atoms with Gasteiger partial charge < -0.3 is 14.8 Å². The number of rotatable bonds is 1. The summed E-state index contributed by atoms with van der Waals surface area (Å²) in [5, 5.41) is 10.8. The van der Waals surface area contributed by atoms with Crippen molar-refractivity contribution in [3.05, 3.63) is 72.1 Å². The standard InChI is InChI=1S/C16H10NO.C5H8O2.Ir/c1-2-5-12-11(4-1)7-8-13-14(12)10-18-15-6-3-9-17-16(13)15;1-4(6)3-5(2)7;/h1-7,9H,10H2;3,6H,1-2H3;/q-1;;/b;4-3-;. The molecular formula is C21H18IrNO3-. The van der Waals surface area contributed by atoms with Gasteiger partial charge in [0.15, 0.2) is 5.78 Å². The SMILES string of the molecule is CC(=O)/C=C(/C)O.[Ir].[c-]1cc2ccccc2c2c1-c1ncccc1OC2. The molecule has 1 aromatic heterocycles. The van der Waals surface area contributed by atoms with Crippen LogP contribution in [-0.2, 0) is 31.5 Å². The molecule has 0 unspecified atom stereocenters. The average molecular weight is 525 g/mol. The van der Waals surface area contributed by atoms with Gasteiger partial charge in [0.05, 0.1) is 12.4 Å². The van der Waals surface area contributed by atoms with Crippen molar-refractivity contribution in [2.24, 2.45) is 0 Å². The van der Waals surface area contributed by atoms with E-state index in [9.17, 15) is 4.79 Å². The minimum Gasteiger partial charge on any atom is -0.512 e. The molecule has 0 saturated carbocycles. The summed E-state index contributed by atoms with van der Waals surface area (Å²) in [6.07, 6.45) is 2.96. The van der Waals surface area contributed by atoms with E-state index in [2.05, 4.69) is 29.2 Å². The van der Waals surface area contributed by atoms with Crippen molar-refractivity contribution in [3.8, 4) is 17.0 Å². The van der Waals surface area contributed by atoms with E-state index in [0.29, 0.717) is 6.61 Å². The predicted molar refractivity (Wildman–Crippen MR) is 97.4 cm³/mol. The molecule has 1 radical (unpaired) electrons. The molecular weight excluding hydrogens is 506 g/mol. The number of ether oxygens (including phenoxy) is 1. The second kappa shape index (κ2) is 8.74. The second-order valence-electron chi connectivity index (χ2n) is 5.76. The summed E-state index contributed by atoms with van der Waals surface area (Å²) in [6, 6.07) is 17.5. The Kier molecular flexibility index (Phi) is 6.67. The smallest absolute Gasteiger partial charge is 0.155 e. The van der Waals surface area contributed by atoms with E-state index in [1.54, 1.807) is 6.20 Å². The van der Waals surface area contributed by atoms with Gasteiger partial charge in [-0.3, -0.25) is 4.79 Å². The zero-order chi connectivity index (χ0) is 17.8. The maximum Gasteiger partial charge on any atom is 0.155 e. The first-order valence-corrected chi connectivity index (χ1v) is 7.94. The van der Waals surface area contributed by atoms with Crippen LogP contribution >= 0.6 is 0 Å². The number of fused-ring (bicyclic) bond motifs is 5. The van der Waals surface area contributed by atoms with Crippen molar-refractivity contribution in [1.82, 2.24) is 4.98 Å². The molecule has 5 heteroatoms. The molecule has 0 atom stereocenters. The Bertz CT molecular complexity index is 962. The van der Waals surface area contributed by atoms with Crippen LogP contribution < -0.4 is 4.74 Å². The van der Waals surface area contributed by atoms with Gasteiger partial charge in [0.2, 0.25) is 0 Å². The van der Waals surface area contributed by atoms with Crippen LogP contribution in [0.3, 0.4) is 0 Å². The van der Waals surface area contributed by atoms with Gasteiger partial charge in [-0.2, -0.15) is 0 Å². The molecule has 0 bridgehead atoms. The first-order chi connectivity index (χ1) is 12.1. The van der Waals surface area contributed by atoms with Gasteiger partial charge in [-0.05, 0) is 26.0 Å². The van der Waals surface area contributed by atoms with Crippen molar-refractivity contribution in [2.45, 2.75) is 20.5 Å². The van der Waals surface area contributed by atoms with Gasteiger partial charge in [0.25, 0.3) is 0 Å². The molecule has 0 spiro atoms. The molecule has 26 heavy (non-hydrogen) atoms. The molecule has 1 aliphatic rings. The van der Waals surface area contributed by atoms with Gasteiger partial charge >= 0.3 is 0 Å². The predicted octanol–water partition coefficient (Wildman–Crippen LogP) is 4.63. The summed E-state index contributed by atoms with van der Waals surface area (Å²) in [6.45, 7) is 3.44. The fraction of sp³-hybridized carbons (Fsp3) is 0.143. The largest absolute Gasteiger partial charge is 0.512 e. The number of ketones is 1. The summed E-state index contributed by atoms with van der Waals surface area (Å²) >= 11 is 0. The number of pyridine rings is 1. The van der Waals surface area contributed by atoms with E-state index in [1.807, 2.05) is 24.3 Å². The van der Waals surface area contributed by atoms with Crippen molar-refractivity contribution < 1.29 is 34.7 Å². The zero-order valence-corrected chi connectivity index (χ0v) is 16.8. The third-order valence-electron chi connectivity index (χ3n) is 3.75. The van der Waals surface area contributed by atoms with Gasteiger partial charge in [-0.25, -0.2) is 0 Å². The molecule has 4 rings (SSSR count). The first kappa shape index (κ1) is 19.8. The molecule has 0 fully saturated rings. The topological polar surface area (TPSA) is 59.4 Å². The number of benzene rings is 2. The summed E-state index contributed by atoms with van der Waals surface area (Å²) in [7, 11) is 0. The Morgan fingerprint density at radius 1 is 1.23 bits per heavy atom. The Morgan fingerprint density at radius 3 is 2.69 bits per heavy atom. The van der Waals surface area contributed by atoms with Crippen LogP contribution in [0.1, 0.15) is 19.4 Å². The Morgan fingerprint density at radius 2 is 2.00 bits per heavy atom. The number of aliphatic hydroxyl groups excluding tert-OH is 1. The van der Waals surface area contributed by atoms with Gasteiger partial charge in [0, 0.05) is 38.1 Å². The van der Waals surface area contributed by atoms with Crippen LogP contribution in [0.15, 0.2) is 60.5 Å². The number of carbonyl (C=O) groups excluding carboxylic acids is 1. The van der Waals surface area contributed by atoms with Crippen molar-refractivity contribution in [3.63, 3.8) is 0 Å². The fourth-order valence-corrected chi connectivity index (χ4v) is 2.77. The normalized spacial score (nSPS) is 11.8. The van der Waals surface area contributed by atoms with Crippen LogP contribution in [0.25, 0.3) is 22.0 Å². The number of nitrogens with zero attached hydrogens (tertiary/aromatic N) is 1. The number of carbonyl (C=O) groups is 1. The minimum absolute atomic E-state index is 0. The van der Waals surface area contributed by atoms with Crippen LogP contribution in [-0.4, -0.2) is 15.9 Å². The zero-order valence-electron chi connectivity index (χ0n) is 14.4. The first-order valence-electron chi connectivity index (χ1n) is 7.94. The van der Waals surface area contributed by atoms with E-state index in [4.69, 9.17) is 9.84 Å². The maximum atomic E-state index is 10.0. The summed E-state index contributed by atoms with van der Waals surface area (Å²) < 4.78 is 5.78. The Labute approximate surface area is 165 Å². The van der Waals surface area contributed by atoms with E-state index in [0.717, 1.165) is 17.0 Å². The maximum absolute atomic E-state index is 10.0. The van der Waals surface area contributed by atoms with E-state index in [-0.39, 0.29) is 31.6 Å². The molecule has 135 valence electrons. The fourth-order valence-electron chi connectivity index (χ4n) is 2.77. The molecule has 3 aromatic rings. The molecule has 4 nitrogen and oxygen atoms in total. The summed E-state index contributed by atoms with van der Waals surface area (Å²) in [5.41, 5.74) is 3.14. The molecule has 2 aromatic carbocycles. The Hall–Kier alpha value is -2.49.